The van der Waals surface area contributed by atoms with E-state index in [1.54, 1.807) is 22.8 Å². The first kappa shape index (κ1) is 11.7. The normalized spacial score (nSPS) is 10.5. The number of hydrogen-bond acceptors (Lipinski definition) is 1. The number of rotatable bonds is 3. The number of halogens is 1. The van der Waals surface area contributed by atoms with Crippen LogP contribution in [0.2, 0.25) is 5.02 Å². The summed E-state index contributed by atoms with van der Waals surface area (Å²) in [7, 11) is 0. The zero-order valence-corrected chi connectivity index (χ0v) is 10.1. The molecule has 0 spiro atoms. The van der Waals surface area contributed by atoms with Crippen molar-refractivity contribution in [3.63, 3.8) is 0 Å². The van der Waals surface area contributed by atoms with Crippen molar-refractivity contribution in [2.75, 3.05) is 0 Å². The van der Waals surface area contributed by atoms with E-state index < -0.39 is 5.97 Å². The van der Waals surface area contributed by atoms with Crippen LogP contribution < -0.4 is 0 Å². The third kappa shape index (κ3) is 2.06. The van der Waals surface area contributed by atoms with Gasteiger partial charge in [0.25, 0.3) is 0 Å². The number of carboxylic acid groups (broad SMARTS) is 1. The van der Waals surface area contributed by atoms with Crippen molar-refractivity contribution in [2.45, 2.75) is 13.5 Å². The maximum absolute atomic E-state index is 11.1. The number of benzene rings is 1. The maximum Gasteiger partial charge on any atom is 0.352 e. The molecule has 2 rings (SSSR count). The van der Waals surface area contributed by atoms with Gasteiger partial charge in [-0.05, 0) is 25.1 Å². The van der Waals surface area contributed by atoms with E-state index in [9.17, 15) is 4.79 Å². The maximum atomic E-state index is 11.1. The Hall–Kier alpha value is -1.74. The van der Waals surface area contributed by atoms with Crippen molar-refractivity contribution < 1.29 is 9.90 Å². The fourth-order valence-corrected chi connectivity index (χ4v) is 2.13. The van der Waals surface area contributed by atoms with Crippen LogP contribution in [0, 0.1) is 0 Å². The lowest BCUT2D eigenvalue weighted by Gasteiger charge is -2.10. The number of carboxylic acids is 1. The van der Waals surface area contributed by atoms with Crippen LogP contribution in [0.4, 0.5) is 0 Å². The smallest absolute Gasteiger partial charge is 0.352 e. The monoisotopic (exact) mass is 249 g/mol. The summed E-state index contributed by atoms with van der Waals surface area (Å²) in [5.41, 5.74) is 1.96. The zero-order chi connectivity index (χ0) is 12.4. The van der Waals surface area contributed by atoms with E-state index in [1.807, 2.05) is 25.1 Å². The van der Waals surface area contributed by atoms with E-state index in [-0.39, 0.29) is 5.69 Å². The van der Waals surface area contributed by atoms with Gasteiger partial charge in [0.2, 0.25) is 0 Å². The quantitative estimate of drug-likeness (QED) is 0.904. The van der Waals surface area contributed by atoms with Crippen molar-refractivity contribution in [2.24, 2.45) is 0 Å². The fourth-order valence-electron chi connectivity index (χ4n) is 1.90. The van der Waals surface area contributed by atoms with Crippen LogP contribution in [0.15, 0.2) is 36.4 Å². The van der Waals surface area contributed by atoms with E-state index in [0.29, 0.717) is 11.6 Å². The second-order valence-electron chi connectivity index (χ2n) is 3.63. The van der Waals surface area contributed by atoms with Gasteiger partial charge in [0.05, 0.1) is 5.69 Å². The highest BCUT2D eigenvalue weighted by molar-refractivity contribution is 6.33. The predicted octanol–water partition coefficient (Wildman–Crippen LogP) is 3.53. The Morgan fingerprint density at radius 1 is 1.29 bits per heavy atom. The molecule has 0 aliphatic rings. The molecule has 4 heteroatoms. The van der Waals surface area contributed by atoms with Crippen LogP contribution in [0.25, 0.3) is 11.3 Å². The van der Waals surface area contributed by atoms with E-state index >= 15 is 0 Å². The standard InChI is InChI=1S/C13H12ClNO2/c1-2-15-11(7-8-12(15)13(16)17)9-5-3-4-6-10(9)14/h3-8H,2H2,1H3,(H,16,17). The van der Waals surface area contributed by atoms with Crippen molar-refractivity contribution in [1.29, 1.82) is 0 Å². The molecule has 0 aliphatic heterocycles. The average molecular weight is 250 g/mol. The lowest BCUT2D eigenvalue weighted by Crippen LogP contribution is -2.08. The van der Waals surface area contributed by atoms with Crippen molar-refractivity contribution in [1.82, 2.24) is 4.57 Å². The largest absolute Gasteiger partial charge is 0.477 e. The third-order valence-electron chi connectivity index (χ3n) is 2.67. The second kappa shape index (κ2) is 4.63. The highest BCUT2D eigenvalue weighted by Crippen LogP contribution is 2.29. The van der Waals surface area contributed by atoms with Crippen LogP contribution in [-0.4, -0.2) is 15.6 Å². The van der Waals surface area contributed by atoms with Gasteiger partial charge in [0, 0.05) is 17.1 Å². The summed E-state index contributed by atoms with van der Waals surface area (Å²) in [6, 6.07) is 10.8. The van der Waals surface area contributed by atoms with Crippen LogP contribution >= 0.6 is 11.6 Å². The van der Waals surface area contributed by atoms with Crippen molar-refractivity contribution in [3.8, 4) is 11.3 Å². The molecule has 0 fully saturated rings. The Morgan fingerprint density at radius 2 is 2.00 bits per heavy atom. The number of hydrogen-bond donors (Lipinski definition) is 1. The molecule has 1 aromatic carbocycles. The molecule has 1 heterocycles. The van der Waals surface area contributed by atoms with Crippen LogP contribution in [0.5, 0.6) is 0 Å². The van der Waals surface area contributed by atoms with Gasteiger partial charge in [-0.1, -0.05) is 29.8 Å². The van der Waals surface area contributed by atoms with E-state index in [4.69, 9.17) is 16.7 Å². The van der Waals surface area contributed by atoms with Gasteiger partial charge < -0.3 is 9.67 Å². The van der Waals surface area contributed by atoms with Gasteiger partial charge in [-0.25, -0.2) is 4.79 Å². The minimum atomic E-state index is -0.926. The van der Waals surface area contributed by atoms with Gasteiger partial charge in [-0.3, -0.25) is 0 Å². The lowest BCUT2D eigenvalue weighted by atomic mass is 10.1. The Morgan fingerprint density at radius 3 is 2.59 bits per heavy atom. The highest BCUT2D eigenvalue weighted by Gasteiger charge is 2.15. The molecule has 2 aromatic rings. The Balaban J connectivity index is 2.61. The Kier molecular flexibility index (Phi) is 3.20. The molecule has 0 amide bonds. The third-order valence-corrected chi connectivity index (χ3v) is 3.00. The minimum Gasteiger partial charge on any atom is -0.477 e. The number of aromatic nitrogens is 1. The van der Waals surface area contributed by atoms with Crippen molar-refractivity contribution >= 4 is 17.6 Å². The molecule has 0 saturated carbocycles. The molecule has 1 N–H and O–H groups in total. The van der Waals surface area contributed by atoms with Gasteiger partial charge >= 0.3 is 5.97 Å². The average Bonchev–Trinajstić information content (AvgIpc) is 2.73. The molecule has 0 aliphatic carbocycles. The summed E-state index contributed by atoms with van der Waals surface area (Å²) in [6.07, 6.45) is 0. The number of carbonyl (C=O) groups is 1. The molecule has 17 heavy (non-hydrogen) atoms. The van der Waals surface area contributed by atoms with Gasteiger partial charge in [-0.2, -0.15) is 0 Å². The first-order valence-electron chi connectivity index (χ1n) is 5.33. The Labute approximate surface area is 104 Å². The molecule has 3 nitrogen and oxygen atoms in total. The fraction of sp³-hybridized carbons (Fsp3) is 0.154. The molecule has 0 bridgehead atoms. The molecule has 0 atom stereocenters. The van der Waals surface area contributed by atoms with Crippen molar-refractivity contribution in [3.05, 3.63) is 47.1 Å². The lowest BCUT2D eigenvalue weighted by molar-refractivity contribution is 0.0685. The first-order valence-corrected chi connectivity index (χ1v) is 5.70. The minimum absolute atomic E-state index is 0.280. The summed E-state index contributed by atoms with van der Waals surface area (Å²) >= 11 is 6.12. The molecule has 0 unspecified atom stereocenters. The molecular formula is C13H12ClNO2. The predicted molar refractivity (Wildman–Crippen MR) is 67.5 cm³/mol. The summed E-state index contributed by atoms with van der Waals surface area (Å²) in [5.74, 6) is -0.926. The topological polar surface area (TPSA) is 42.2 Å². The Bertz CT molecular complexity index is 560. The summed E-state index contributed by atoms with van der Waals surface area (Å²) in [6.45, 7) is 2.50. The van der Waals surface area contributed by atoms with Crippen LogP contribution in [0.1, 0.15) is 17.4 Å². The van der Waals surface area contributed by atoms with Crippen LogP contribution in [0.3, 0.4) is 0 Å². The summed E-state index contributed by atoms with van der Waals surface area (Å²) in [5, 5.41) is 9.69. The van der Waals surface area contributed by atoms with Gasteiger partial charge in [0.15, 0.2) is 0 Å². The molecular weight excluding hydrogens is 238 g/mol. The van der Waals surface area contributed by atoms with E-state index in [2.05, 4.69) is 0 Å². The molecule has 0 radical (unpaired) electrons. The first-order chi connectivity index (χ1) is 8.15. The summed E-state index contributed by atoms with van der Waals surface area (Å²) in [4.78, 5) is 11.1. The number of aromatic carboxylic acids is 1. The molecule has 88 valence electrons. The second-order valence-corrected chi connectivity index (χ2v) is 4.04. The number of nitrogens with zero attached hydrogens (tertiary/aromatic N) is 1. The van der Waals surface area contributed by atoms with E-state index in [0.717, 1.165) is 11.3 Å². The van der Waals surface area contributed by atoms with E-state index in [1.165, 1.54) is 0 Å². The van der Waals surface area contributed by atoms with Gasteiger partial charge in [-0.15, -0.1) is 0 Å². The SMILES string of the molecule is CCn1c(C(=O)O)ccc1-c1ccccc1Cl. The molecule has 0 saturated heterocycles. The summed E-state index contributed by atoms with van der Waals surface area (Å²) < 4.78 is 1.74. The highest BCUT2D eigenvalue weighted by atomic mass is 35.5. The molecule has 1 aromatic heterocycles. The van der Waals surface area contributed by atoms with Crippen LogP contribution in [-0.2, 0) is 6.54 Å². The zero-order valence-electron chi connectivity index (χ0n) is 9.35. The van der Waals surface area contributed by atoms with Gasteiger partial charge in [0.1, 0.15) is 5.69 Å².